The molecule has 1 saturated heterocycles. The van der Waals surface area contributed by atoms with Crippen LogP contribution >= 0.6 is 0 Å². The number of carbonyl (C=O) groups excluding carboxylic acids is 3. The predicted octanol–water partition coefficient (Wildman–Crippen LogP) is 2.98. The summed E-state index contributed by atoms with van der Waals surface area (Å²) in [5.74, 6) is -2.66. The van der Waals surface area contributed by atoms with Crippen molar-refractivity contribution in [3.63, 3.8) is 0 Å². The van der Waals surface area contributed by atoms with Gasteiger partial charge in [0, 0.05) is 6.07 Å². The van der Waals surface area contributed by atoms with Crippen molar-refractivity contribution in [1.82, 2.24) is 5.32 Å². The van der Waals surface area contributed by atoms with Gasteiger partial charge < -0.3 is 9.84 Å². The fourth-order valence-electron chi connectivity index (χ4n) is 3.03. The maximum atomic E-state index is 13.0. The van der Waals surface area contributed by atoms with Crippen molar-refractivity contribution >= 4 is 35.3 Å². The van der Waals surface area contributed by atoms with Gasteiger partial charge in [-0.15, -0.1) is 0 Å². The van der Waals surface area contributed by atoms with Gasteiger partial charge in [-0.1, -0.05) is 6.07 Å². The third-order valence-electron chi connectivity index (χ3n) is 4.74. The van der Waals surface area contributed by atoms with E-state index in [4.69, 9.17) is 4.74 Å². The first-order valence-corrected chi connectivity index (χ1v) is 9.27. The number of urea groups is 1. The Morgan fingerprint density at radius 2 is 1.87 bits per heavy atom. The number of nitrogens with one attached hydrogen (secondary N) is 1. The number of ether oxygens (including phenoxy) is 1. The SMILES string of the molecule is CCOc1cc(/C=C2\C(=O)NC(=O)N(c3ccc(C)c(C)c3)C2=O)cc([N+](=O)[O-])c1O. The lowest BCUT2D eigenvalue weighted by molar-refractivity contribution is -0.386. The third kappa shape index (κ3) is 4.08. The Bertz CT molecular complexity index is 1150. The molecule has 31 heavy (non-hydrogen) atoms. The van der Waals surface area contributed by atoms with E-state index in [1.165, 1.54) is 6.07 Å². The minimum Gasteiger partial charge on any atom is -0.500 e. The second-order valence-corrected chi connectivity index (χ2v) is 6.80. The monoisotopic (exact) mass is 425 g/mol. The molecular weight excluding hydrogens is 406 g/mol. The molecule has 0 radical (unpaired) electrons. The highest BCUT2D eigenvalue weighted by atomic mass is 16.6. The van der Waals surface area contributed by atoms with Crippen molar-refractivity contribution in [1.29, 1.82) is 0 Å². The van der Waals surface area contributed by atoms with Crippen LogP contribution in [-0.4, -0.2) is 34.5 Å². The molecule has 0 aromatic heterocycles. The van der Waals surface area contributed by atoms with Crippen LogP contribution in [0.5, 0.6) is 11.5 Å². The number of aryl methyl sites for hydroxylation is 2. The Morgan fingerprint density at radius 1 is 1.16 bits per heavy atom. The standard InChI is InChI=1S/C21H19N3O7/c1-4-31-17-10-13(9-16(18(17)25)24(29)30)8-15-19(26)22-21(28)23(20(15)27)14-6-5-11(2)12(3)7-14/h5-10,25H,4H2,1-3H3,(H,22,26,28)/b15-8+. The minimum absolute atomic E-state index is 0.0702. The number of phenolic OH excluding ortho intramolecular Hbond substituents is 1. The smallest absolute Gasteiger partial charge is 0.335 e. The number of nitro benzene ring substituents is 1. The molecule has 10 nitrogen and oxygen atoms in total. The largest absolute Gasteiger partial charge is 0.500 e. The lowest BCUT2D eigenvalue weighted by Crippen LogP contribution is -2.54. The molecule has 0 aliphatic carbocycles. The minimum atomic E-state index is -0.941. The Labute approximate surface area is 176 Å². The van der Waals surface area contributed by atoms with E-state index >= 15 is 0 Å². The number of aromatic hydroxyl groups is 1. The van der Waals surface area contributed by atoms with E-state index in [1.54, 1.807) is 25.1 Å². The second-order valence-electron chi connectivity index (χ2n) is 6.80. The third-order valence-corrected chi connectivity index (χ3v) is 4.74. The topological polar surface area (TPSA) is 139 Å². The molecule has 0 atom stereocenters. The Kier molecular flexibility index (Phi) is 5.73. The van der Waals surface area contributed by atoms with Gasteiger partial charge in [-0.2, -0.15) is 0 Å². The lowest BCUT2D eigenvalue weighted by Gasteiger charge is -2.26. The number of imide groups is 2. The first-order valence-electron chi connectivity index (χ1n) is 9.27. The lowest BCUT2D eigenvalue weighted by atomic mass is 10.0. The summed E-state index contributed by atoms with van der Waals surface area (Å²) in [5, 5.41) is 23.4. The van der Waals surface area contributed by atoms with Gasteiger partial charge in [0.05, 0.1) is 17.2 Å². The quantitative estimate of drug-likeness (QED) is 0.325. The highest BCUT2D eigenvalue weighted by Crippen LogP contribution is 2.38. The van der Waals surface area contributed by atoms with Crippen LogP contribution in [0.25, 0.3) is 6.08 Å². The fourth-order valence-corrected chi connectivity index (χ4v) is 3.03. The summed E-state index contributed by atoms with van der Waals surface area (Å²) in [6, 6.07) is 6.31. The summed E-state index contributed by atoms with van der Waals surface area (Å²) in [5.41, 5.74) is 1.09. The molecule has 4 amide bonds. The van der Waals surface area contributed by atoms with Crippen LogP contribution in [0, 0.1) is 24.0 Å². The number of anilines is 1. The van der Waals surface area contributed by atoms with Crippen molar-refractivity contribution in [2.75, 3.05) is 11.5 Å². The molecule has 1 aliphatic heterocycles. The molecule has 0 saturated carbocycles. The molecule has 0 spiro atoms. The van der Waals surface area contributed by atoms with Gasteiger partial charge in [0.2, 0.25) is 5.75 Å². The van der Waals surface area contributed by atoms with Crippen molar-refractivity contribution in [2.45, 2.75) is 20.8 Å². The molecule has 1 fully saturated rings. The fraction of sp³-hybridized carbons (Fsp3) is 0.190. The summed E-state index contributed by atoms with van der Waals surface area (Å²) in [4.78, 5) is 49.0. The summed E-state index contributed by atoms with van der Waals surface area (Å²) in [6.07, 6.45) is 1.10. The van der Waals surface area contributed by atoms with Gasteiger partial charge >= 0.3 is 11.7 Å². The average Bonchev–Trinajstić information content (AvgIpc) is 2.69. The average molecular weight is 425 g/mol. The molecule has 2 aromatic rings. The number of barbiturate groups is 1. The Balaban J connectivity index is 2.09. The van der Waals surface area contributed by atoms with Crippen LogP contribution < -0.4 is 15.0 Å². The number of hydrogen-bond donors (Lipinski definition) is 2. The highest BCUT2D eigenvalue weighted by molar-refractivity contribution is 6.39. The molecule has 0 unspecified atom stereocenters. The molecule has 3 rings (SSSR count). The number of amides is 4. The molecular formula is C21H19N3O7. The number of nitrogens with zero attached hydrogens (tertiary/aromatic N) is 2. The summed E-state index contributed by atoms with van der Waals surface area (Å²) in [6.45, 7) is 5.44. The Hall–Kier alpha value is -4.21. The number of rotatable bonds is 5. The zero-order chi connectivity index (χ0) is 22.9. The van der Waals surface area contributed by atoms with Gasteiger partial charge in [0.15, 0.2) is 5.75 Å². The maximum absolute atomic E-state index is 13.0. The van der Waals surface area contributed by atoms with E-state index in [2.05, 4.69) is 5.32 Å². The van der Waals surface area contributed by atoms with Gasteiger partial charge in [0.1, 0.15) is 5.57 Å². The molecule has 1 heterocycles. The Morgan fingerprint density at radius 3 is 2.48 bits per heavy atom. The number of carbonyl (C=O) groups is 3. The molecule has 10 heteroatoms. The second kappa shape index (κ2) is 8.27. The van der Waals surface area contributed by atoms with Crippen molar-refractivity contribution < 1.29 is 29.2 Å². The zero-order valence-corrected chi connectivity index (χ0v) is 17.0. The van der Waals surface area contributed by atoms with E-state index in [-0.39, 0.29) is 23.6 Å². The van der Waals surface area contributed by atoms with Crippen molar-refractivity contribution in [2.24, 2.45) is 0 Å². The van der Waals surface area contributed by atoms with Crippen molar-refractivity contribution in [3.8, 4) is 11.5 Å². The summed E-state index contributed by atoms with van der Waals surface area (Å²) in [7, 11) is 0. The summed E-state index contributed by atoms with van der Waals surface area (Å²) >= 11 is 0. The van der Waals surface area contributed by atoms with Crippen LogP contribution in [0.15, 0.2) is 35.9 Å². The van der Waals surface area contributed by atoms with E-state index in [0.29, 0.717) is 0 Å². The van der Waals surface area contributed by atoms with Gasteiger partial charge in [0.25, 0.3) is 11.8 Å². The molecule has 0 bridgehead atoms. The number of phenols is 1. The van der Waals surface area contributed by atoms with Crippen LogP contribution in [0.2, 0.25) is 0 Å². The highest BCUT2D eigenvalue weighted by Gasteiger charge is 2.37. The normalized spacial score (nSPS) is 15.3. The van der Waals surface area contributed by atoms with Crippen LogP contribution in [0.4, 0.5) is 16.2 Å². The number of hydrogen-bond acceptors (Lipinski definition) is 7. The molecule has 1 aliphatic rings. The van der Waals surface area contributed by atoms with Gasteiger partial charge in [-0.3, -0.25) is 25.0 Å². The molecule has 2 aromatic carbocycles. The molecule has 160 valence electrons. The number of nitro groups is 1. The van der Waals surface area contributed by atoms with Crippen LogP contribution in [0.1, 0.15) is 23.6 Å². The van der Waals surface area contributed by atoms with Crippen LogP contribution in [0.3, 0.4) is 0 Å². The van der Waals surface area contributed by atoms with E-state index in [1.807, 2.05) is 13.8 Å². The first-order chi connectivity index (χ1) is 14.6. The van der Waals surface area contributed by atoms with Gasteiger partial charge in [-0.25, -0.2) is 9.69 Å². The molecule has 2 N–H and O–H groups in total. The van der Waals surface area contributed by atoms with Crippen molar-refractivity contribution in [3.05, 3.63) is 62.7 Å². The number of benzene rings is 2. The predicted molar refractivity (Wildman–Crippen MR) is 111 cm³/mol. The van der Waals surface area contributed by atoms with Gasteiger partial charge in [-0.05, 0) is 61.7 Å². The van der Waals surface area contributed by atoms with Crippen LogP contribution in [-0.2, 0) is 9.59 Å². The van der Waals surface area contributed by atoms with E-state index in [9.17, 15) is 29.6 Å². The van der Waals surface area contributed by atoms with E-state index in [0.717, 1.165) is 28.2 Å². The maximum Gasteiger partial charge on any atom is 0.335 e. The van der Waals surface area contributed by atoms with E-state index < -0.39 is 39.8 Å². The zero-order valence-electron chi connectivity index (χ0n) is 17.0. The first kappa shape index (κ1) is 21.5. The summed E-state index contributed by atoms with van der Waals surface area (Å²) < 4.78 is 5.21.